The van der Waals surface area contributed by atoms with E-state index in [-0.39, 0.29) is 5.92 Å². The minimum absolute atomic E-state index is 0.109. The Morgan fingerprint density at radius 1 is 1.57 bits per heavy atom. The van der Waals surface area contributed by atoms with Gasteiger partial charge in [0.1, 0.15) is 0 Å². The number of aliphatic hydroxyl groups is 1. The highest BCUT2D eigenvalue weighted by molar-refractivity contribution is 5.74. The van der Waals surface area contributed by atoms with Crippen LogP contribution in [0.3, 0.4) is 0 Å². The lowest BCUT2D eigenvalue weighted by molar-refractivity contribution is -0.157. The van der Waals surface area contributed by atoms with Gasteiger partial charge in [0, 0.05) is 0 Å². The zero-order chi connectivity index (χ0) is 10.6. The molecule has 0 aromatic carbocycles. The van der Waals surface area contributed by atoms with Crippen LogP contribution in [0, 0.1) is 11.8 Å². The van der Waals surface area contributed by atoms with Crippen molar-refractivity contribution in [3.05, 3.63) is 0 Å². The van der Waals surface area contributed by atoms with E-state index in [9.17, 15) is 9.90 Å². The number of aliphatic hydroxyl groups excluding tert-OH is 1. The Kier molecular flexibility index (Phi) is 4.39. The number of esters is 1. The van der Waals surface area contributed by atoms with E-state index in [1.54, 1.807) is 6.92 Å². The van der Waals surface area contributed by atoms with Gasteiger partial charge in [-0.1, -0.05) is 19.8 Å². The van der Waals surface area contributed by atoms with E-state index in [1.807, 2.05) is 0 Å². The van der Waals surface area contributed by atoms with Crippen LogP contribution in [0.2, 0.25) is 0 Å². The molecule has 3 nitrogen and oxygen atoms in total. The lowest BCUT2D eigenvalue weighted by Crippen LogP contribution is -2.34. The SMILES string of the molecule is CCOC(=O)C(O)C1CCCC(C)C1. The summed E-state index contributed by atoms with van der Waals surface area (Å²) >= 11 is 0. The molecule has 0 aromatic rings. The van der Waals surface area contributed by atoms with Crippen LogP contribution in [0.15, 0.2) is 0 Å². The number of rotatable bonds is 3. The third kappa shape index (κ3) is 2.98. The zero-order valence-corrected chi connectivity index (χ0v) is 9.03. The van der Waals surface area contributed by atoms with Crippen molar-refractivity contribution in [2.75, 3.05) is 6.61 Å². The second kappa shape index (κ2) is 5.35. The average Bonchev–Trinajstić information content (AvgIpc) is 2.17. The van der Waals surface area contributed by atoms with Gasteiger partial charge in [0.05, 0.1) is 6.61 Å². The smallest absolute Gasteiger partial charge is 0.335 e. The lowest BCUT2D eigenvalue weighted by Gasteiger charge is -2.29. The molecule has 3 heteroatoms. The maximum Gasteiger partial charge on any atom is 0.335 e. The van der Waals surface area contributed by atoms with Crippen molar-refractivity contribution in [3.63, 3.8) is 0 Å². The second-order valence-electron chi connectivity index (χ2n) is 4.23. The number of hydrogen-bond acceptors (Lipinski definition) is 3. The predicted octanol–water partition coefficient (Wildman–Crippen LogP) is 1.74. The molecule has 1 rings (SSSR count). The molecule has 0 bridgehead atoms. The molecule has 1 N–H and O–H groups in total. The van der Waals surface area contributed by atoms with Crippen molar-refractivity contribution in [1.82, 2.24) is 0 Å². The van der Waals surface area contributed by atoms with E-state index in [2.05, 4.69) is 6.92 Å². The van der Waals surface area contributed by atoms with Crippen LogP contribution in [0.4, 0.5) is 0 Å². The Labute approximate surface area is 85.5 Å². The van der Waals surface area contributed by atoms with Crippen LogP contribution in [0.25, 0.3) is 0 Å². The van der Waals surface area contributed by atoms with Crippen LogP contribution in [0.5, 0.6) is 0 Å². The number of carbonyl (C=O) groups excluding carboxylic acids is 1. The summed E-state index contributed by atoms with van der Waals surface area (Å²) in [6.07, 6.45) is 3.32. The average molecular weight is 200 g/mol. The highest BCUT2D eigenvalue weighted by Gasteiger charge is 2.30. The molecular weight excluding hydrogens is 180 g/mol. The first-order valence-corrected chi connectivity index (χ1v) is 5.49. The molecule has 0 aliphatic heterocycles. The molecule has 0 aromatic heterocycles. The van der Waals surface area contributed by atoms with Gasteiger partial charge in [0.2, 0.25) is 0 Å². The molecule has 14 heavy (non-hydrogen) atoms. The predicted molar refractivity (Wildman–Crippen MR) is 53.8 cm³/mol. The highest BCUT2D eigenvalue weighted by atomic mass is 16.5. The Morgan fingerprint density at radius 3 is 2.86 bits per heavy atom. The van der Waals surface area contributed by atoms with Crippen molar-refractivity contribution in [1.29, 1.82) is 0 Å². The van der Waals surface area contributed by atoms with E-state index in [4.69, 9.17) is 4.74 Å². The second-order valence-corrected chi connectivity index (χ2v) is 4.23. The summed E-state index contributed by atoms with van der Waals surface area (Å²) in [5, 5.41) is 9.72. The molecule has 1 aliphatic carbocycles. The maximum absolute atomic E-state index is 11.3. The number of ether oxygens (including phenoxy) is 1. The Balaban J connectivity index is 2.42. The van der Waals surface area contributed by atoms with E-state index >= 15 is 0 Å². The first kappa shape index (κ1) is 11.5. The first-order chi connectivity index (χ1) is 6.65. The topological polar surface area (TPSA) is 46.5 Å². The molecule has 0 amide bonds. The molecule has 1 aliphatic rings. The van der Waals surface area contributed by atoms with Gasteiger partial charge in [-0.3, -0.25) is 0 Å². The molecule has 3 atom stereocenters. The van der Waals surface area contributed by atoms with Crippen LogP contribution in [-0.2, 0) is 9.53 Å². The fourth-order valence-corrected chi connectivity index (χ4v) is 2.19. The molecule has 82 valence electrons. The number of carbonyl (C=O) groups is 1. The van der Waals surface area contributed by atoms with Gasteiger partial charge in [0.15, 0.2) is 6.10 Å². The van der Waals surface area contributed by atoms with E-state index in [0.717, 1.165) is 19.3 Å². The summed E-state index contributed by atoms with van der Waals surface area (Å²) in [5.41, 5.74) is 0. The summed E-state index contributed by atoms with van der Waals surface area (Å²) in [4.78, 5) is 11.3. The number of hydrogen-bond donors (Lipinski definition) is 1. The van der Waals surface area contributed by atoms with Crippen molar-refractivity contribution in [2.24, 2.45) is 11.8 Å². The zero-order valence-electron chi connectivity index (χ0n) is 9.03. The first-order valence-electron chi connectivity index (χ1n) is 5.49. The summed E-state index contributed by atoms with van der Waals surface area (Å²) < 4.78 is 4.80. The van der Waals surface area contributed by atoms with Crippen LogP contribution in [0.1, 0.15) is 39.5 Å². The van der Waals surface area contributed by atoms with Crippen LogP contribution < -0.4 is 0 Å². The quantitative estimate of drug-likeness (QED) is 0.706. The van der Waals surface area contributed by atoms with Gasteiger partial charge < -0.3 is 9.84 Å². The van der Waals surface area contributed by atoms with Gasteiger partial charge in [0.25, 0.3) is 0 Å². The Bertz CT molecular complexity index is 191. The standard InChI is InChI=1S/C11H20O3/c1-3-14-11(13)10(12)9-6-4-5-8(2)7-9/h8-10,12H,3-7H2,1-2H3. The van der Waals surface area contributed by atoms with Crippen molar-refractivity contribution in [2.45, 2.75) is 45.6 Å². The fraction of sp³-hybridized carbons (Fsp3) is 0.909. The fourth-order valence-electron chi connectivity index (χ4n) is 2.19. The monoisotopic (exact) mass is 200 g/mol. The third-order valence-corrected chi connectivity index (χ3v) is 2.95. The molecular formula is C11H20O3. The van der Waals surface area contributed by atoms with E-state index in [1.165, 1.54) is 6.42 Å². The van der Waals surface area contributed by atoms with Gasteiger partial charge in [-0.15, -0.1) is 0 Å². The minimum atomic E-state index is -0.905. The Morgan fingerprint density at radius 2 is 2.29 bits per heavy atom. The highest BCUT2D eigenvalue weighted by Crippen LogP contribution is 2.31. The Hall–Kier alpha value is -0.570. The van der Waals surface area contributed by atoms with Crippen molar-refractivity contribution >= 4 is 5.97 Å². The van der Waals surface area contributed by atoms with Gasteiger partial charge in [-0.2, -0.15) is 0 Å². The summed E-state index contributed by atoms with van der Waals surface area (Å²) in [7, 11) is 0. The molecule has 0 heterocycles. The summed E-state index contributed by atoms with van der Waals surface area (Å²) in [6.45, 7) is 4.27. The summed E-state index contributed by atoms with van der Waals surface area (Å²) in [5.74, 6) is 0.280. The van der Waals surface area contributed by atoms with E-state index < -0.39 is 12.1 Å². The van der Waals surface area contributed by atoms with E-state index in [0.29, 0.717) is 12.5 Å². The minimum Gasteiger partial charge on any atom is -0.464 e. The molecule has 0 spiro atoms. The lowest BCUT2D eigenvalue weighted by atomic mass is 9.79. The van der Waals surface area contributed by atoms with Gasteiger partial charge in [-0.05, 0) is 31.6 Å². The van der Waals surface area contributed by atoms with Crippen molar-refractivity contribution in [3.8, 4) is 0 Å². The molecule has 1 saturated carbocycles. The molecule has 1 fully saturated rings. The molecule has 3 unspecified atom stereocenters. The third-order valence-electron chi connectivity index (χ3n) is 2.95. The maximum atomic E-state index is 11.3. The van der Waals surface area contributed by atoms with Gasteiger partial charge in [-0.25, -0.2) is 4.79 Å². The summed E-state index contributed by atoms with van der Waals surface area (Å²) in [6, 6.07) is 0. The van der Waals surface area contributed by atoms with Crippen molar-refractivity contribution < 1.29 is 14.6 Å². The van der Waals surface area contributed by atoms with Crippen LogP contribution in [-0.4, -0.2) is 23.8 Å². The largest absolute Gasteiger partial charge is 0.464 e. The normalized spacial score (nSPS) is 29.6. The molecule has 0 radical (unpaired) electrons. The van der Waals surface area contributed by atoms with Crippen LogP contribution >= 0.6 is 0 Å². The molecule has 0 saturated heterocycles. The van der Waals surface area contributed by atoms with Gasteiger partial charge >= 0.3 is 5.97 Å².